The number of phenols is 1. The molecule has 2 heterocycles. The van der Waals surface area contributed by atoms with Crippen molar-refractivity contribution in [3.63, 3.8) is 0 Å². The summed E-state index contributed by atoms with van der Waals surface area (Å²) in [6.07, 6.45) is 3.08. The van der Waals surface area contributed by atoms with Gasteiger partial charge in [0.2, 0.25) is 5.91 Å². The molecule has 0 radical (unpaired) electrons. The van der Waals surface area contributed by atoms with E-state index in [9.17, 15) is 19.1 Å². The topological polar surface area (TPSA) is 72.9 Å². The van der Waals surface area contributed by atoms with Crippen molar-refractivity contribution in [1.29, 1.82) is 0 Å². The Kier molecular flexibility index (Phi) is 4.04. The number of hydrogen-bond donors (Lipinski definition) is 2. The van der Waals surface area contributed by atoms with E-state index in [-0.39, 0.29) is 42.6 Å². The van der Waals surface area contributed by atoms with Crippen LogP contribution in [-0.2, 0) is 11.3 Å². The summed E-state index contributed by atoms with van der Waals surface area (Å²) < 4.78 is 13.5. The van der Waals surface area contributed by atoms with E-state index in [2.05, 4.69) is 11.4 Å². The SMILES string of the molecule is O=C1Nc2ccc(F)cc2CN1CC(=O)N1C[C@H]2C=C(c3ccc(O)cc3)[C@@H]1C2. The molecule has 5 rings (SSSR count). The molecule has 1 aliphatic carbocycles. The fraction of sp³-hybridized carbons (Fsp3) is 0.273. The van der Waals surface area contributed by atoms with Crippen molar-refractivity contribution in [1.82, 2.24) is 9.80 Å². The van der Waals surface area contributed by atoms with Gasteiger partial charge in [-0.05, 0) is 59.4 Å². The average Bonchev–Trinajstić information content (AvgIpc) is 3.30. The fourth-order valence-electron chi connectivity index (χ4n) is 4.54. The predicted molar refractivity (Wildman–Crippen MR) is 106 cm³/mol. The Hall–Kier alpha value is -3.35. The van der Waals surface area contributed by atoms with Crippen LogP contribution in [0.3, 0.4) is 0 Å². The quantitative estimate of drug-likeness (QED) is 0.841. The Balaban J connectivity index is 1.31. The Labute approximate surface area is 167 Å². The molecule has 2 aromatic carbocycles. The van der Waals surface area contributed by atoms with E-state index in [1.807, 2.05) is 17.0 Å². The van der Waals surface area contributed by atoms with Crippen LogP contribution < -0.4 is 5.32 Å². The number of likely N-dealkylation sites (tertiary alicyclic amines) is 1. The van der Waals surface area contributed by atoms with Crippen LogP contribution in [0.15, 0.2) is 48.5 Å². The predicted octanol–water partition coefficient (Wildman–Crippen LogP) is 3.19. The van der Waals surface area contributed by atoms with Gasteiger partial charge in [0.1, 0.15) is 18.1 Å². The van der Waals surface area contributed by atoms with Gasteiger partial charge in [-0.2, -0.15) is 0 Å². The lowest BCUT2D eigenvalue weighted by atomic mass is 10.00. The first kappa shape index (κ1) is 17.7. The number of halogens is 1. The molecule has 148 valence electrons. The van der Waals surface area contributed by atoms with Crippen LogP contribution in [0.5, 0.6) is 5.75 Å². The lowest BCUT2D eigenvalue weighted by Gasteiger charge is -2.33. The molecule has 2 aromatic rings. The summed E-state index contributed by atoms with van der Waals surface area (Å²) in [7, 11) is 0. The molecular weight excluding hydrogens is 373 g/mol. The number of nitrogens with zero attached hydrogens (tertiary/aromatic N) is 2. The van der Waals surface area contributed by atoms with Crippen molar-refractivity contribution in [2.75, 3.05) is 18.4 Å². The van der Waals surface area contributed by atoms with Gasteiger partial charge in [0, 0.05) is 12.2 Å². The minimum atomic E-state index is -0.369. The van der Waals surface area contributed by atoms with E-state index >= 15 is 0 Å². The van der Waals surface area contributed by atoms with Crippen molar-refractivity contribution in [3.05, 3.63) is 65.5 Å². The Morgan fingerprint density at radius 3 is 2.76 bits per heavy atom. The molecule has 29 heavy (non-hydrogen) atoms. The highest BCUT2D eigenvalue weighted by Crippen LogP contribution is 2.42. The van der Waals surface area contributed by atoms with E-state index in [0.29, 0.717) is 23.7 Å². The highest BCUT2D eigenvalue weighted by atomic mass is 19.1. The van der Waals surface area contributed by atoms with E-state index in [0.717, 1.165) is 17.6 Å². The molecule has 0 aromatic heterocycles. The molecule has 1 saturated heterocycles. The lowest BCUT2D eigenvalue weighted by molar-refractivity contribution is -0.132. The molecule has 0 saturated carbocycles. The minimum absolute atomic E-state index is 0.0189. The van der Waals surface area contributed by atoms with Gasteiger partial charge in [0.15, 0.2) is 0 Å². The second-order valence-corrected chi connectivity index (χ2v) is 7.81. The maximum absolute atomic E-state index is 13.5. The normalized spacial score (nSPS) is 22.4. The van der Waals surface area contributed by atoms with Gasteiger partial charge in [-0.15, -0.1) is 0 Å². The summed E-state index contributed by atoms with van der Waals surface area (Å²) in [6, 6.07) is 10.9. The number of phenolic OH excluding ortho intramolecular Hbond substituents is 1. The molecule has 7 heteroatoms. The van der Waals surface area contributed by atoms with Gasteiger partial charge < -0.3 is 20.2 Å². The first-order chi connectivity index (χ1) is 14.0. The van der Waals surface area contributed by atoms with Gasteiger partial charge in [0.05, 0.1) is 12.6 Å². The van der Waals surface area contributed by atoms with Crippen LogP contribution in [0.25, 0.3) is 5.57 Å². The van der Waals surface area contributed by atoms with Crippen molar-refractivity contribution >= 4 is 23.2 Å². The maximum atomic E-state index is 13.5. The summed E-state index contributed by atoms with van der Waals surface area (Å²) in [5.74, 6) is 0.0274. The zero-order valence-electron chi connectivity index (χ0n) is 15.6. The van der Waals surface area contributed by atoms with Gasteiger partial charge >= 0.3 is 6.03 Å². The molecule has 2 bridgehead atoms. The number of nitrogens with one attached hydrogen (secondary N) is 1. The molecule has 0 spiro atoms. The summed E-state index contributed by atoms with van der Waals surface area (Å²) in [6.45, 7) is 0.798. The number of anilines is 1. The van der Waals surface area contributed by atoms with Gasteiger partial charge in [-0.25, -0.2) is 9.18 Å². The lowest BCUT2D eigenvalue weighted by Crippen LogP contribution is -2.48. The smallest absolute Gasteiger partial charge is 0.322 e. The largest absolute Gasteiger partial charge is 0.508 e. The van der Waals surface area contributed by atoms with Gasteiger partial charge in [-0.3, -0.25) is 4.79 Å². The number of rotatable bonds is 3. The van der Waals surface area contributed by atoms with Crippen LogP contribution >= 0.6 is 0 Å². The van der Waals surface area contributed by atoms with Crippen molar-refractivity contribution in [2.45, 2.75) is 19.0 Å². The number of fused-ring (bicyclic) bond motifs is 3. The number of hydrogen-bond acceptors (Lipinski definition) is 3. The second-order valence-electron chi connectivity index (χ2n) is 7.81. The standard InChI is InChI=1S/C22H20FN3O3/c23-16-3-6-19-15(9-16)11-25(22(29)24-19)12-21(28)26-10-13-7-18(20(26)8-13)14-1-4-17(27)5-2-14/h1-7,9,13,20,27H,8,10-12H2,(H,24,29)/t13-,20-/m0/s1. The first-order valence-electron chi connectivity index (χ1n) is 9.63. The molecule has 0 unspecified atom stereocenters. The number of carbonyl (C=O) groups excluding carboxylic acids is 2. The third-order valence-electron chi connectivity index (χ3n) is 5.91. The Morgan fingerprint density at radius 1 is 1.21 bits per heavy atom. The first-order valence-corrected chi connectivity index (χ1v) is 9.63. The van der Waals surface area contributed by atoms with E-state index in [4.69, 9.17) is 0 Å². The number of aromatic hydroxyl groups is 1. The van der Waals surface area contributed by atoms with Crippen LogP contribution in [0.1, 0.15) is 17.5 Å². The average molecular weight is 393 g/mol. The molecule has 6 nitrogen and oxygen atoms in total. The number of urea groups is 1. The van der Waals surface area contributed by atoms with Crippen molar-refractivity contribution in [3.8, 4) is 5.75 Å². The van der Waals surface area contributed by atoms with Crippen LogP contribution in [0.2, 0.25) is 0 Å². The number of amides is 3. The second kappa shape index (κ2) is 6.62. The molecule has 2 atom stereocenters. The van der Waals surface area contributed by atoms with Crippen molar-refractivity contribution < 1.29 is 19.1 Å². The Bertz CT molecular complexity index is 1030. The maximum Gasteiger partial charge on any atom is 0.322 e. The Morgan fingerprint density at radius 2 is 2.00 bits per heavy atom. The molecular formula is C22H20FN3O3. The third-order valence-corrected chi connectivity index (χ3v) is 5.91. The summed E-state index contributed by atoms with van der Waals surface area (Å²) in [5.41, 5.74) is 3.32. The molecule has 1 fully saturated rings. The van der Waals surface area contributed by atoms with Crippen LogP contribution in [0.4, 0.5) is 14.9 Å². The van der Waals surface area contributed by atoms with Gasteiger partial charge in [-0.1, -0.05) is 18.2 Å². The number of benzene rings is 2. The molecule has 3 amide bonds. The number of carbonyl (C=O) groups is 2. The third kappa shape index (κ3) is 3.12. The zero-order chi connectivity index (χ0) is 20.1. The van der Waals surface area contributed by atoms with Crippen LogP contribution in [-0.4, -0.2) is 46.0 Å². The zero-order valence-corrected chi connectivity index (χ0v) is 15.6. The van der Waals surface area contributed by atoms with E-state index < -0.39 is 0 Å². The fourth-order valence-corrected chi connectivity index (χ4v) is 4.54. The summed E-state index contributed by atoms with van der Waals surface area (Å²) in [4.78, 5) is 28.7. The highest BCUT2D eigenvalue weighted by Gasteiger charge is 2.42. The van der Waals surface area contributed by atoms with Gasteiger partial charge in [0.25, 0.3) is 0 Å². The van der Waals surface area contributed by atoms with Crippen LogP contribution in [0, 0.1) is 11.7 Å². The summed E-state index contributed by atoms with van der Waals surface area (Å²) >= 11 is 0. The summed E-state index contributed by atoms with van der Waals surface area (Å²) in [5, 5.41) is 12.2. The molecule has 3 aliphatic rings. The molecule has 2 aliphatic heterocycles. The van der Waals surface area contributed by atoms with Crippen molar-refractivity contribution in [2.24, 2.45) is 5.92 Å². The molecule has 2 N–H and O–H groups in total. The highest BCUT2D eigenvalue weighted by molar-refractivity contribution is 5.95. The van der Waals surface area contributed by atoms with E-state index in [1.165, 1.54) is 23.1 Å². The monoisotopic (exact) mass is 393 g/mol. The minimum Gasteiger partial charge on any atom is -0.508 e. The van der Waals surface area contributed by atoms with E-state index in [1.54, 1.807) is 12.1 Å².